The van der Waals surface area contributed by atoms with Gasteiger partial charge in [0.2, 0.25) is 5.88 Å². The largest absolute Gasteiger partial charge is 0.481 e. The van der Waals surface area contributed by atoms with Crippen molar-refractivity contribution in [3.8, 4) is 5.88 Å². The zero-order chi connectivity index (χ0) is 13.9. The minimum Gasteiger partial charge on any atom is -0.481 e. The number of nitrogens with zero attached hydrogens (tertiary/aromatic N) is 2. The van der Waals surface area contributed by atoms with Crippen molar-refractivity contribution in [3.05, 3.63) is 23.9 Å². The van der Waals surface area contributed by atoms with Crippen LogP contribution in [-0.4, -0.2) is 48.6 Å². The van der Waals surface area contributed by atoms with Crippen molar-refractivity contribution < 1.29 is 9.53 Å². The molecule has 20 heavy (non-hydrogen) atoms. The number of pyridine rings is 1. The Bertz CT molecular complexity index is 471. The topological polar surface area (TPSA) is 54.5 Å². The van der Waals surface area contributed by atoms with Gasteiger partial charge in [0.25, 0.3) is 5.91 Å². The molecule has 1 aliphatic carbocycles. The lowest BCUT2D eigenvalue weighted by atomic mass is 10.2. The summed E-state index contributed by atoms with van der Waals surface area (Å²) in [5, 5.41) is 3.09. The molecule has 1 aromatic rings. The molecule has 5 nitrogen and oxygen atoms in total. The Morgan fingerprint density at radius 2 is 2.30 bits per heavy atom. The number of carbonyl (C=O) groups excluding carboxylic acids is 1. The molecule has 2 fully saturated rings. The fourth-order valence-electron chi connectivity index (χ4n) is 2.69. The maximum Gasteiger partial charge on any atom is 0.253 e. The van der Waals surface area contributed by atoms with Crippen LogP contribution in [0.2, 0.25) is 0 Å². The van der Waals surface area contributed by atoms with Gasteiger partial charge in [-0.15, -0.1) is 0 Å². The van der Waals surface area contributed by atoms with Gasteiger partial charge in [-0.1, -0.05) is 0 Å². The van der Waals surface area contributed by atoms with E-state index in [1.807, 2.05) is 0 Å². The van der Waals surface area contributed by atoms with Crippen LogP contribution in [0.15, 0.2) is 18.3 Å². The summed E-state index contributed by atoms with van der Waals surface area (Å²) in [6.45, 7) is 3.28. The van der Waals surface area contributed by atoms with Crippen LogP contribution in [0, 0.1) is 5.92 Å². The Hall–Kier alpha value is -1.62. The second-order valence-electron chi connectivity index (χ2n) is 5.75. The number of aromatic nitrogens is 1. The molecule has 0 spiro atoms. The van der Waals surface area contributed by atoms with Crippen molar-refractivity contribution in [2.24, 2.45) is 5.92 Å². The predicted molar refractivity (Wildman–Crippen MR) is 75.8 cm³/mol. The third-order valence-corrected chi connectivity index (χ3v) is 4.03. The van der Waals surface area contributed by atoms with Crippen LogP contribution in [-0.2, 0) is 0 Å². The van der Waals surface area contributed by atoms with Gasteiger partial charge in [0.05, 0.1) is 12.7 Å². The Kier molecular flexibility index (Phi) is 3.87. The number of hydrogen-bond donors (Lipinski definition) is 1. The summed E-state index contributed by atoms with van der Waals surface area (Å²) in [6.07, 6.45) is 5.36. The van der Waals surface area contributed by atoms with Gasteiger partial charge in [0.1, 0.15) is 0 Å². The number of ether oxygens (including phenoxy) is 1. The molecule has 1 N–H and O–H groups in total. The third-order valence-electron chi connectivity index (χ3n) is 4.03. The zero-order valence-electron chi connectivity index (χ0n) is 11.8. The highest BCUT2D eigenvalue weighted by Gasteiger charge is 2.29. The van der Waals surface area contributed by atoms with Gasteiger partial charge in [0.15, 0.2) is 0 Å². The number of hydrogen-bond acceptors (Lipinski definition) is 4. The van der Waals surface area contributed by atoms with E-state index in [2.05, 4.69) is 15.2 Å². The lowest BCUT2D eigenvalue weighted by Gasteiger charge is -2.16. The average Bonchev–Trinajstić information content (AvgIpc) is 3.18. The number of carbonyl (C=O) groups is 1. The Morgan fingerprint density at radius 3 is 2.95 bits per heavy atom. The van der Waals surface area contributed by atoms with E-state index in [9.17, 15) is 4.79 Å². The van der Waals surface area contributed by atoms with Crippen LogP contribution < -0.4 is 10.1 Å². The molecule has 1 unspecified atom stereocenters. The molecule has 1 saturated heterocycles. The maximum atomic E-state index is 12.1. The van der Waals surface area contributed by atoms with Gasteiger partial charge in [0, 0.05) is 37.9 Å². The number of rotatable bonds is 5. The first-order chi connectivity index (χ1) is 9.74. The molecule has 3 rings (SSSR count). The smallest absolute Gasteiger partial charge is 0.253 e. The fourth-order valence-corrected chi connectivity index (χ4v) is 2.69. The minimum atomic E-state index is -0.0431. The third kappa shape index (κ3) is 3.28. The van der Waals surface area contributed by atoms with Crippen LogP contribution in [0.4, 0.5) is 0 Å². The van der Waals surface area contributed by atoms with Crippen LogP contribution in [0.1, 0.15) is 29.6 Å². The molecule has 1 atom stereocenters. The lowest BCUT2D eigenvalue weighted by Crippen LogP contribution is -2.37. The highest BCUT2D eigenvalue weighted by molar-refractivity contribution is 5.94. The summed E-state index contributed by atoms with van der Waals surface area (Å²) in [5.41, 5.74) is 0.589. The van der Waals surface area contributed by atoms with E-state index in [0.29, 0.717) is 11.4 Å². The number of nitrogens with one attached hydrogen (secondary N) is 1. The SMILES string of the molecule is COc1ccc(C(=O)NC2CCN(CC3CC3)C2)cn1. The molecule has 0 radical (unpaired) electrons. The van der Waals surface area contributed by atoms with E-state index in [-0.39, 0.29) is 11.9 Å². The van der Waals surface area contributed by atoms with Crippen molar-refractivity contribution in [1.82, 2.24) is 15.2 Å². The molecule has 2 heterocycles. The average molecular weight is 275 g/mol. The first-order valence-electron chi connectivity index (χ1n) is 7.28. The molecular weight excluding hydrogens is 254 g/mol. The zero-order valence-corrected chi connectivity index (χ0v) is 11.8. The summed E-state index contributed by atoms with van der Waals surface area (Å²) in [7, 11) is 1.56. The van der Waals surface area contributed by atoms with E-state index in [1.54, 1.807) is 25.4 Å². The number of amides is 1. The number of likely N-dealkylation sites (tertiary alicyclic amines) is 1. The lowest BCUT2D eigenvalue weighted by molar-refractivity contribution is 0.0937. The van der Waals surface area contributed by atoms with Crippen molar-refractivity contribution in [2.75, 3.05) is 26.7 Å². The minimum absolute atomic E-state index is 0.0431. The molecule has 108 valence electrons. The molecule has 2 aliphatic rings. The van der Waals surface area contributed by atoms with E-state index in [1.165, 1.54) is 19.4 Å². The second-order valence-corrected chi connectivity index (χ2v) is 5.75. The molecular formula is C15H21N3O2. The molecule has 1 aliphatic heterocycles. The maximum absolute atomic E-state index is 12.1. The van der Waals surface area contributed by atoms with E-state index in [0.717, 1.165) is 25.4 Å². The van der Waals surface area contributed by atoms with Crippen LogP contribution in [0.3, 0.4) is 0 Å². The van der Waals surface area contributed by atoms with Crippen LogP contribution in [0.25, 0.3) is 0 Å². The van der Waals surface area contributed by atoms with Gasteiger partial charge in [-0.05, 0) is 31.2 Å². The standard InChI is InChI=1S/C15H21N3O2/c1-20-14-5-4-12(8-16-14)15(19)17-13-6-7-18(10-13)9-11-2-3-11/h4-5,8,11,13H,2-3,6-7,9-10H2,1H3,(H,17,19). The van der Waals surface area contributed by atoms with Crippen molar-refractivity contribution in [1.29, 1.82) is 0 Å². The predicted octanol–water partition coefficient (Wildman–Crippen LogP) is 1.30. The highest BCUT2D eigenvalue weighted by Crippen LogP contribution is 2.30. The van der Waals surface area contributed by atoms with Gasteiger partial charge in [-0.3, -0.25) is 4.79 Å². The fraction of sp³-hybridized carbons (Fsp3) is 0.600. The highest BCUT2D eigenvalue weighted by atomic mass is 16.5. The molecule has 1 saturated carbocycles. The molecule has 0 bridgehead atoms. The van der Waals surface area contributed by atoms with E-state index in [4.69, 9.17) is 4.74 Å². The summed E-state index contributed by atoms with van der Waals surface area (Å²) in [5.74, 6) is 1.40. The van der Waals surface area contributed by atoms with Gasteiger partial charge >= 0.3 is 0 Å². The van der Waals surface area contributed by atoms with Crippen molar-refractivity contribution in [2.45, 2.75) is 25.3 Å². The Balaban J connectivity index is 1.50. The van der Waals surface area contributed by atoms with Gasteiger partial charge in [-0.25, -0.2) is 4.98 Å². The molecule has 1 aromatic heterocycles. The quantitative estimate of drug-likeness (QED) is 0.880. The van der Waals surface area contributed by atoms with E-state index >= 15 is 0 Å². The molecule has 5 heteroatoms. The Labute approximate surface area is 119 Å². The van der Waals surface area contributed by atoms with Crippen molar-refractivity contribution in [3.63, 3.8) is 0 Å². The summed E-state index contributed by atoms with van der Waals surface area (Å²) >= 11 is 0. The summed E-state index contributed by atoms with van der Waals surface area (Å²) in [6, 6.07) is 3.73. The first kappa shape index (κ1) is 13.4. The van der Waals surface area contributed by atoms with Crippen LogP contribution >= 0.6 is 0 Å². The normalized spacial score (nSPS) is 22.8. The monoisotopic (exact) mass is 275 g/mol. The van der Waals surface area contributed by atoms with Crippen molar-refractivity contribution >= 4 is 5.91 Å². The summed E-state index contributed by atoms with van der Waals surface area (Å²) < 4.78 is 4.99. The second kappa shape index (κ2) is 5.79. The number of methoxy groups -OCH3 is 1. The first-order valence-corrected chi connectivity index (χ1v) is 7.28. The van der Waals surface area contributed by atoms with Gasteiger partial charge < -0.3 is 15.0 Å². The summed E-state index contributed by atoms with van der Waals surface area (Å²) in [4.78, 5) is 18.7. The van der Waals surface area contributed by atoms with E-state index < -0.39 is 0 Å². The molecule has 1 amide bonds. The van der Waals surface area contributed by atoms with Crippen LogP contribution in [0.5, 0.6) is 5.88 Å². The molecule has 0 aromatic carbocycles. The Morgan fingerprint density at radius 1 is 1.45 bits per heavy atom. The van der Waals surface area contributed by atoms with Gasteiger partial charge in [-0.2, -0.15) is 0 Å².